The van der Waals surface area contributed by atoms with Crippen LogP contribution in [0.3, 0.4) is 0 Å². The highest BCUT2D eigenvalue weighted by atomic mass is 32.2. The summed E-state index contributed by atoms with van der Waals surface area (Å²) in [7, 11) is -3.95. The predicted molar refractivity (Wildman–Crippen MR) is 74.8 cm³/mol. The van der Waals surface area contributed by atoms with Crippen LogP contribution in [-0.2, 0) is 14.8 Å². The van der Waals surface area contributed by atoms with Gasteiger partial charge in [-0.2, -0.15) is 0 Å². The lowest BCUT2D eigenvalue weighted by Crippen LogP contribution is -2.47. The molecular formula is C14H18FNO4S. The van der Waals surface area contributed by atoms with E-state index in [9.17, 15) is 22.7 Å². The van der Waals surface area contributed by atoms with Gasteiger partial charge in [0.15, 0.2) is 0 Å². The molecule has 2 unspecified atom stereocenters. The molecule has 1 aromatic carbocycles. The number of nitrogens with one attached hydrogen (secondary N) is 1. The lowest BCUT2D eigenvalue weighted by Gasteiger charge is -2.27. The second-order valence-corrected chi connectivity index (χ2v) is 7.38. The van der Waals surface area contributed by atoms with Crippen molar-refractivity contribution in [3.05, 3.63) is 29.6 Å². The normalized spacial score (nSPS) is 26.0. The van der Waals surface area contributed by atoms with E-state index in [2.05, 4.69) is 4.72 Å². The minimum absolute atomic E-state index is 0.151. The molecular weight excluding hydrogens is 297 g/mol. The highest BCUT2D eigenvalue weighted by Crippen LogP contribution is 2.39. The molecule has 2 N–H and O–H groups in total. The predicted octanol–water partition coefficient (Wildman–Crippen LogP) is 2.06. The van der Waals surface area contributed by atoms with Gasteiger partial charge in [-0.25, -0.2) is 17.5 Å². The fourth-order valence-electron chi connectivity index (χ4n) is 2.73. The standard InChI is InChI=1S/C14H18FNO4S/c1-9-5-6-10(15)8-11(9)21(19,20)16-12-4-3-7-14(12,2)13(17)18/h5-6,8,12,16H,3-4,7H2,1-2H3,(H,17,18). The largest absolute Gasteiger partial charge is 0.481 e. The van der Waals surface area contributed by atoms with Crippen molar-refractivity contribution in [3.63, 3.8) is 0 Å². The van der Waals surface area contributed by atoms with Gasteiger partial charge in [-0.1, -0.05) is 12.5 Å². The van der Waals surface area contributed by atoms with Crippen LogP contribution in [-0.4, -0.2) is 25.5 Å². The first kappa shape index (κ1) is 15.9. The molecule has 1 aliphatic carbocycles. The molecule has 1 aromatic rings. The van der Waals surface area contributed by atoms with Gasteiger partial charge in [-0.15, -0.1) is 0 Å². The molecule has 2 atom stereocenters. The van der Waals surface area contributed by atoms with Crippen LogP contribution in [0.15, 0.2) is 23.1 Å². The number of hydrogen-bond donors (Lipinski definition) is 2. The quantitative estimate of drug-likeness (QED) is 0.891. The zero-order valence-electron chi connectivity index (χ0n) is 11.9. The fraction of sp³-hybridized carbons (Fsp3) is 0.500. The van der Waals surface area contributed by atoms with Gasteiger partial charge in [-0.3, -0.25) is 4.79 Å². The Morgan fingerprint density at radius 3 is 2.76 bits per heavy atom. The van der Waals surface area contributed by atoms with Crippen LogP contribution in [0.5, 0.6) is 0 Å². The summed E-state index contributed by atoms with van der Waals surface area (Å²) in [5.41, 5.74) is -0.715. The average Bonchev–Trinajstić information content (AvgIpc) is 2.74. The number of rotatable bonds is 4. The van der Waals surface area contributed by atoms with Crippen molar-refractivity contribution in [1.82, 2.24) is 4.72 Å². The SMILES string of the molecule is Cc1ccc(F)cc1S(=O)(=O)NC1CCCC1(C)C(=O)O. The van der Waals surface area contributed by atoms with Crippen LogP contribution in [0.25, 0.3) is 0 Å². The highest BCUT2D eigenvalue weighted by molar-refractivity contribution is 7.89. The Kier molecular flexibility index (Phi) is 4.08. The third-order valence-electron chi connectivity index (χ3n) is 4.18. The van der Waals surface area contributed by atoms with E-state index >= 15 is 0 Å². The molecule has 7 heteroatoms. The van der Waals surface area contributed by atoms with Crippen molar-refractivity contribution in [2.24, 2.45) is 5.41 Å². The molecule has 0 aliphatic heterocycles. The lowest BCUT2D eigenvalue weighted by molar-refractivity contribution is -0.148. The van der Waals surface area contributed by atoms with E-state index in [1.165, 1.54) is 19.1 Å². The summed E-state index contributed by atoms with van der Waals surface area (Å²) < 4.78 is 40.5. The Labute approximate surface area is 123 Å². The van der Waals surface area contributed by atoms with Crippen molar-refractivity contribution in [1.29, 1.82) is 0 Å². The number of halogens is 1. The summed E-state index contributed by atoms with van der Waals surface area (Å²) in [4.78, 5) is 11.2. The molecule has 0 bridgehead atoms. The molecule has 21 heavy (non-hydrogen) atoms. The molecule has 5 nitrogen and oxygen atoms in total. The third kappa shape index (κ3) is 2.94. The summed E-state index contributed by atoms with van der Waals surface area (Å²) >= 11 is 0. The average molecular weight is 315 g/mol. The number of carboxylic acid groups (broad SMARTS) is 1. The number of benzene rings is 1. The number of carbonyl (C=O) groups is 1. The van der Waals surface area contributed by atoms with Gasteiger partial charge in [-0.05, 0) is 44.4 Å². The molecule has 0 saturated heterocycles. The fourth-order valence-corrected chi connectivity index (χ4v) is 4.36. The van der Waals surface area contributed by atoms with Crippen LogP contribution in [0, 0.1) is 18.2 Å². The summed E-state index contributed by atoms with van der Waals surface area (Å²) in [5, 5.41) is 9.31. The second kappa shape index (κ2) is 5.38. The van der Waals surface area contributed by atoms with Crippen LogP contribution < -0.4 is 4.72 Å². The van der Waals surface area contributed by atoms with E-state index in [4.69, 9.17) is 0 Å². The van der Waals surface area contributed by atoms with Gasteiger partial charge in [0.1, 0.15) is 5.82 Å². The van der Waals surface area contributed by atoms with Gasteiger partial charge in [0.2, 0.25) is 10.0 Å². The van der Waals surface area contributed by atoms with Crippen LogP contribution >= 0.6 is 0 Å². The van der Waals surface area contributed by atoms with Gasteiger partial charge < -0.3 is 5.11 Å². The molecule has 1 saturated carbocycles. The summed E-state index contributed by atoms with van der Waals surface area (Å²) in [6.45, 7) is 3.10. The first-order valence-electron chi connectivity index (χ1n) is 6.69. The topological polar surface area (TPSA) is 83.5 Å². The Hall–Kier alpha value is -1.47. The van der Waals surface area contributed by atoms with Gasteiger partial charge in [0.05, 0.1) is 10.3 Å². The zero-order chi connectivity index (χ0) is 15.8. The Bertz CT molecular complexity index is 674. The Morgan fingerprint density at radius 2 is 2.14 bits per heavy atom. The van der Waals surface area contributed by atoms with Crippen LogP contribution in [0.2, 0.25) is 0 Å². The zero-order valence-corrected chi connectivity index (χ0v) is 12.7. The summed E-state index contributed by atoms with van der Waals surface area (Å²) in [6, 6.07) is 2.83. The molecule has 0 aromatic heterocycles. The minimum atomic E-state index is -3.95. The first-order chi connectivity index (χ1) is 9.67. The second-order valence-electron chi connectivity index (χ2n) is 5.70. The molecule has 0 spiro atoms. The smallest absolute Gasteiger partial charge is 0.310 e. The van der Waals surface area contributed by atoms with Crippen molar-refractivity contribution < 1.29 is 22.7 Å². The van der Waals surface area contributed by atoms with Crippen molar-refractivity contribution in [2.45, 2.75) is 44.0 Å². The highest BCUT2D eigenvalue weighted by Gasteiger charge is 2.47. The van der Waals surface area contributed by atoms with E-state index in [0.717, 1.165) is 6.07 Å². The van der Waals surface area contributed by atoms with Crippen LogP contribution in [0.1, 0.15) is 31.7 Å². The molecule has 1 fully saturated rings. The van der Waals surface area contributed by atoms with E-state index in [1.54, 1.807) is 6.92 Å². The number of carboxylic acids is 1. The maximum Gasteiger partial charge on any atom is 0.310 e. The van der Waals surface area contributed by atoms with Gasteiger partial charge in [0, 0.05) is 6.04 Å². The molecule has 116 valence electrons. The van der Waals surface area contributed by atoms with E-state index in [-0.39, 0.29) is 4.90 Å². The molecule has 0 heterocycles. The molecule has 2 rings (SSSR count). The van der Waals surface area contributed by atoms with Gasteiger partial charge >= 0.3 is 5.97 Å². The Balaban J connectivity index is 2.34. The number of sulfonamides is 1. The summed E-state index contributed by atoms with van der Waals surface area (Å²) in [5.74, 6) is -1.67. The molecule has 1 aliphatic rings. The third-order valence-corrected chi connectivity index (χ3v) is 5.80. The van der Waals surface area contributed by atoms with E-state index in [1.807, 2.05) is 0 Å². The van der Waals surface area contributed by atoms with Crippen molar-refractivity contribution in [2.75, 3.05) is 0 Å². The lowest BCUT2D eigenvalue weighted by atomic mass is 9.85. The number of hydrogen-bond acceptors (Lipinski definition) is 3. The van der Waals surface area contributed by atoms with Gasteiger partial charge in [0.25, 0.3) is 0 Å². The van der Waals surface area contributed by atoms with Crippen molar-refractivity contribution >= 4 is 16.0 Å². The molecule has 0 radical (unpaired) electrons. The minimum Gasteiger partial charge on any atom is -0.481 e. The van der Waals surface area contributed by atoms with E-state index in [0.29, 0.717) is 24.8 Å². The van der Waals surface area contributed by atoms with E-state index < -0.39 is 33.3 Å². The first-order valence-corrected chi connectivity index (χ1v) is 8.17. The monoisotopic (exact) mass is 315 g/mol. The number of aliphatic carboxylic acids is 1. The number of aryl methyl sites for hydroxylation is 1. The maximum atomic E-state index is 13.3. The maximum absolute atomic E-state index is 13.3. The van der Waals surface area contributed by atoms with Crippen molar-refractivity contribution in [3.8, 4) is 0 Å². The Morgan fingerprint density at radius 1 is 1.48 bits per heavy atom. The molecule has 0 amide bonds. The summed E-state index contributed by atoms with van der Waals surface area (Å²) in [6.07, 6.45) is 1.51. The van der Waals surface area contributed by atoms with Crippen LogP contribution in [0.4, 0.5) is 4.39 Å².